The summed E-state index contributed by atoms with van der Waals surface area (Å²) >= 11 is 6.50. The number of nitriles is 1. The van der Waals surface area contributed by atoms with E-state index >= 15 is 8.78 Å². The summed E-state index contributed by atoms with van der Waals surface area (Å²) in [7, 11) is 1.16. The van der Waals surface area contributed by atoms with Crippen molar-refractivity contribution < 1.29 is 42.1 Å². The molecule has 0 aromatic heterocycles. The Morgan fingerprint density at radius 1 is 0.943 bits per heavy atom. The third-order valence-corrected chi connectivity index (χ3v) is 8.97. The fraction of sp³-hybridized carbons (Fsp3) is 0.450. The molecule has 1 aliphatic carbocycles. The van der Waals surface area contributed by atoms with Gasteiger partial charge in [-0.2, -0.15) is 5.26 Å². The van der Waals surface area contributed by atoms with Crippen molar-refractivity contribution in [3.05, 3.63) is 87.9 Å². The largest absolute Gasteiger partial charge is 0.479 e. The number of ether oxygens (including phenoxy) is 4. The predicted molar refractivity (Wildman–Crippen MR) is 196 cm³/mol. The Kier molecular flexibility index (Phi) is 13.3. The molecule has 0 radical (unpaired) electrons. The lowest BCUT2D eigenvalue weighted by molar-refractivity contribution is -0.142. The first-order valence-electron chi connectivity index (χ1n) is 17.4. The molecule has 1 atom stereocenters. The second kappa shape index (κ2) is 17.3. The van der Waals surface area contributed by atoms with Crippen molar-refractivity contribution in [3.8, 4) is 22.9 Å². The summed E-state index contributed by atoms with van der Waals surface area (Å²) in [6.07, 6.45) is 1.15. The van der Waals surface area contributed by atoms with E-state index in [2.05, 4.69) is 10.1 Å². The number of carbonyl (C=O) groups excluding carboxylic acids is 3. The van der Waals surface area contributed by atoms with Crippen LogP contribution in [0.2, 0.25) is 5.02 Å². The van der Waals surface area contributed by atoms with Gasteiger partial charge in [0.05, 0.1) is 23.8 Å². The van der Waals surface area contributed by atoms with Gasteiger partial charge in [-0.25, -0.2) is 23.2 Å². The van der Waals surface area contributed by atoms with Gasteiger partial charge in [0.25, 0.3) is 0 Å². The van der Waals surface area contributed by atoms with E-state index in [1.165, 1.54) is 24.3 Å². The van der Waals surface area contributed by atoms with Crippen LogP contribution in [-0.2, 0) is 19.0 Å². The van der Waals surface area contributed by atoms with Crippen molar-refractivity contribution in [2.24, 2.45) is 0 Å². The third kappa shape index (κ3) is 11.1. The van der Waals surface area contributed by atoms with E-state index in [1.807, 2.05) is 36.4 Å². The number of carbonyl (C=O) groups is 3. The molecule has 1 fully saturated rings. The molecule has 1 N–H and O–H groups in total. The van der Waals surface area contributed by atoms with Crippen LogP contribution in [-0.4, -0.2) is 66.6 Å². The molecule has 4 rings (SSSR count). The highest BCUT2D eigenvalue weighted by Crippen LogP contribution is 2.41. The highest BCUT2D eigenvalue weighted by atomic mass is 35.5. The molecule has 0 heterocycles. The maximum absolute atomic E-state index is 16.1. The fourth-order valence-corrected chi connectivity index (χ4v) is 6.40. The van der Waals surface area contributed by atoms with Gasteiger partial charge in [-0.15, -0.1) is 0 Å². The van der Waals surface area contributed by atoms with Gasteiger partial charge in [0.2, 0.25) is 0 Å². The van der Waals surface area contributed by atoms with E-state index in [1.54, 1.807) is 46.4 Å². The van der Waals surface area contributed by atoms with Gasteiger partial charge in [0, 0.05) is 35.7 Å². The van der Waals surface area contributed by atoms with E-state index in [0.717, 1.165) is 12.7 Å². The predicted octanol–water partition coefficient (Wildman–Crippen LogP) is 8.91. The number of methoxy groups -OCH3 is 1. The van der Waals surface area contributed by atoms with Crippen LogP contribution in [0.4, 0.5) is 18.4 Å². The van der Waals surface area contributed by atoms with Crippen molar-refractivity contribution in [3.63, 3.8) is 0 Å². The summed E-state index contributed by atoms with van der Waals surface area (Å²) in [6.45, 7) is 10.1. The molecule has 0 spiro atoms. The average Bonchev–Trinajstić information content (AvgIpc) is 3.08. The zero-order valence-corrected chi connectivity index (χ0v) is 31.8. The Morgan fingerprint density at radius 3 is 2.17 bits per heavy atom. The smallest absolute Gasteiger partial charge is 0.410 e. The zero-order chi connectivity index (χ0) is 39.1. The number of benzene rings is 3. The molecule has 2 amide bonds. The quantitative estimate of drug-likeness (QED) is 0.161. The van der Waals surface area contributed by atoms with Crippen LogP contribution in [0.25, 0.3) is 11.1 Å². The Labute approximate surface area is 314 Å². The summed E-state index contributed by atoms with van der Waals surface area (Å²) in [5.41, 5.74) is -0.958. The monoisotopic (exact) mass is 753 g/mol. The second-order valence-electron chi connectivity index (χ2n) is 14.9. The third-order valence-electron chi connectivity index (χ3n) is 8.59. The number of hydrogen-bond acceptors (Lipinski definition) is 8. The molecule has 53 heavy (non-hydrogen) atoms. The topological polar surface area (TPSA) is 127 Å². The van der Waals surface area contributed by atoms with Gasteiger partial charge in [0.15, 0.2) is 18.2 Å². The van der Waals surface area contributed by atoms with E-state index in [9.17, 15) is 19.6 Å². The molecule has 1 saturated carbocycles. The summed E-state index contributed by atoms with van der Waals surface area (Å²) in [4.78, 5) is 39.8. The Hall–Kier alpha value is -4.89. The number of hydrogen-bond donors (Lipinski definition) is 1. The number of alkyl carbamates (subject to hydrolysis) is 1. The first-order chi connectivity index (χ1) is 24.9. The average molecular weight is 754 g/mol. The number of halogens is 3. The number of rotatable bonds is 10. The molecule has 3 aromatic rings. The van der Waals surface area contributed by atoms with Gasteiger partial charge >= 0.3 is 18.2 Å². The minimum atomic E-state index is -1.02. The van der Waals surface area contributed by atoms with Gasteiger partial charge in [-0.05, 0) is 103 Å². The number of nitrogens with one attached hydrogen (secondary N) is 1. The molecule has 0 bridgehead atoms. The van der Waals surface area contributed by atoms with E-state index in [4.69, 9.17) is 25.8 Å². The van der Waals surface area contributed by atoms with Crippen LogP contribution in [0.15, 0.2) is 54.6 Å². The van der Waals surface area contributed by atoms with E-state index in [-0.39, 0.29) is 41.1 Å². The fourth-order valence-electron chi connectivity index (χ4n) is 6.20. The maximum Gasteiger partial charge on any atom is 0.410 e. The number of nitrogens with zero attached hydrogens (tertiary/aromatic N) is 2. The summed E-state index contributed by atoms with van der Waals surface area (Å²) < 4.78 is 53.2. The first kappa shape index (κ1) is 40.9. The number of amides is 2. The highest BCUT2D eigenvalue weighted by Gasteiger charge is 2.35. The molecule has 1 unspecified atom stereocenters. The first-order valence-corrected chi connectivity index (χ1v) is 17.7. The number of esters is 1. The molecule has 13 heteroatoms. The van der Waals surface area contributed by atoms with Crippen LogP contribution in [0.5, 0.6) is 5.75 Å². The van der Waals surface area contributed by atoms with Crippen LogP contribution >= 0.6 is 11.6 Å². The lowest BCUT2D eigenvalue weighted by Gasteiger charge is -2.39. The van der Waals surface area contributed by atoms with Gasteiger partial charge in [0.1, 0.15) is 17.0 Å². The second-order valence-corrected chi connectivity index (χ2v) is 15.3. The zero-order valence-electron chi connectivity index (χ0n) is 31.1. The lowest BCUT2D eigenvalue weighted by Crippen LogP contribution is -2.49. The van der Waals surface area contributed by atoms with E-state index < -0.39 is 58.5 Å². The summed E-state index contributed by atoms with van der Waals surface area (Å²) in [6, 6.07) is 15.8. The molecular formula is C40H46ClF2N3O7. The Bertz CT molecular complexity index is 1830. The molecular weight excluding hydrogens is 708 g/mol. The van der Waals surface area contributed by atoms with Crippen molar-refractivity contribution in [1.82, 2.24) is 10.2 Å². The van der Waals surface area contributed by atoms with Crippen molar-refractivity contribution in [2.45, 2.75) is 96.4 Å². The van der Waals surface area contributed by atoms with Crippen molar-refractivity contribution in [2.75, 3.05) is 20.3 Å². The van der Waals surface area contributed by atoms with Gasteiger partial charge < -0.3 is 29.2 Å². The van der Waals surface area contributed by atoms with Gasteiger partial charge in [-0.3, -0.25) is 0 Å². The maximum atomic E-state index is 16.1. The minimum Gasteiger partial charge on any atom is -0.479 e. The SMILES string of the molecule is COC(=O)COc1ccc(C#N)c(-c2cc(C(CN(C(=O)OC(C)(C)C)C3CCC(NC(=O)OC(C)(C)C)CC3)c3ccccc3)cc(F)c2Cl)c1F. The van der Waals surface area contributed by atoms with Crippen LogP contribution in [0.1, 0.15) is 89.8 Å². The summed E-state index contributed by atoms with van der Waals surface area (Å²) in [5.74, 6) is -3.68. The van der Waals surface area contributed by atoms with E-state index in [0.29, 0.717) is 31.2 Å². The normalized spacial score (nSPS) is 16.5. The van der Waals surface area contributed by atoms with Crippen molar-refractivity contribution >= 4 is 29.8 Å². The van der Waals surface area contributed by atoms with Crippen LogP contribution in [0, 0.1) is 23.0 Å². The Balaban J connectivity index is 1.76. The lowest BCUT2D eigenvalue weighted by atomic mass is 9.86. The Morgan fingerprint density at radius 2 is 1.58 bits per heavy atom. The highest BCUT2D eigenvalue weighted by molar-refractivity contribution is 6.33. The molecule has 3 aromatic carbocycles. The van der Waals surface area contributed by atoms with Gasteiger partial charge in [-0.1, -0.05) is 41.9 Å². The molecule has 10 nitrogen and oxygen atoms in total. The molecule has 0 aliphatic heterocycles. The molecule has 1 aliphatic rings. The van der Waals surface area contributed by atoms with Crippen molar-refractivity contribution in [1.29, 1.82) is 5.26 Å². The molecule has 0 saturated heterocycles. The standard InChI is InChI=1S/C40H46ClF2N3O7/c1-39(2,3)52-37(48)45-27-14-16-28(17-15-27)46(38(49)53-40(4,5)6)22-30(24-11-9-8-10-12-24)26-19-29(35(41)31(42)20-26)34-25(21-44)13-18-32(36(34)43)51-23-33(47)50-7/h8-13,18-20,27-28,30H,14-17,22-23H2,1-7H3,(H,45,48). The molecule has 284 valence electrons. The van der Waals surface area contributed by atoms with Crippen LogP contribution in [0.3, 0.4) is 0 Å². The summed E-state index contributed by atoms with van der Waals surface area (Å²) in [5, 5.41) is 12.4. The minimum absolute atomic E-state index is 0.0458. The van der Waals surface area contributed by atoms with Crippen LogP contribution < -0.4 is 10.1 Å².